The predicted octanol–water partition coefficient (Wildman–Crippen LogP) is 0.507. The van der Waals surface area contributed by atoms with Crippen molar-refractivity contribution < 1.29 is 9.72 Å². The zero-order chi connectivity index (χ0) is 10.7. The number of hydrogen-bond donors (Lipinski definition) is 2. The Bertz CT molecular complexity index is 389. The molecule has 6 nitrogen and oxygen atoms in total. The third kappa shape index (κ3) is 1.86. The van der Waals surface area contributed by atoms with Crippen LogP contribution < -0.4 is 11.3 Å². The van der Waals surface area contributed by atoms with Gasteiger partial charge in [-0.2, -0.15) is 0 Å². The fraction of sp³-hybridized carbons (Fsp3) is 0.125. The Morgan fingerprint density at radius 2 is 2.21 bits per heavy atom. The highest BCUT2D eigenvalue weighted by molar-refractivity contribution is 5.95. The van der Waals surface area contributed by atoms with Crippen molar-refractivity contribution >= 4 is 11.6 Å². The number of hydrogen-bond acceptors (Lipinski definition) is 4. The van der Waals surface area contributed by atoms with E-state index in [-0.39, 0.29) is 11.3 Å². The molecule has 0 heterocycles. The number of nitro groups is 1. The molecule has 1 aromatic carbocycles. The first-order valence-corrected chi connectivity index (χ1v) is 3.82. The largest absolute Gasteiger partial charge is 0.290 e. The summed E-state index contributed by atoms with van der Waals surface area (Å²) in [4.78, 5) is 21.0. The van der Waals surface area contributed by atoms with Crippen LogP contribution in [0.1, 0.15) is 15.9 Å². The summed E-state index contributed by atoms with van der Waals surface area (Å²) in [6.45, 7) is 1.67. The number of aryl methyl sites for hydroxylation is 1. The monoisotopic (exact) mass is 195 g/mol. The van der Waals surface area contributed by atoms with Crippen molar-refractivity contribution in [2.45, 2.75) is 6.92 Å². The van der Waals surface area contributed by atoms with Gasteiger partial charge in [-0.3, -0.25) is 20.3 Å². The van der Waals surface area contributed by atoms with E-state index in [9.17, 15) is 14.9 Å². The molecule has 0 fully saturated rings. The molecule has 0 bridgehead atoms. The third-order valence-corrected chi connectivity index (χ3v) is 1.81. The molecule has 0 radical (unpaired) electrons. The molecule has 0 aromatic heterocycles. The van der Waals surface area contributed by atoms with Gasteiger partial charge < -0.3 is 0 Å². The molecule has 0 unspecified atom stereocenters. The fourth-order valence-electron chi connectivity index (χ4n) is 1.05. The third-order valence-electron chi connectivity index (χ3n) is 1.81. The zero-order valence-electron chi connectivity index (χ0n) is 7.48. The number of hydrazine groups is 1. The number of nitrogens with zero attached hydrogens (tertiary/aromatic N) is 1. The van der Waals surface area contributed by atoms with Crippen LogP contribution in [-0.4, -0.2) is 10.8 Å². The summed E-state index contributed by atoms with van der Waals surface area (Å²) in [7, 11) is 0. The standard InChI is InChI=1S/C8H9N3O3/c1-5-2-3-6(11(13)14)4-7(5)8(12)10-9/h2-4H,9H2,1H3,(H,10,12). The molecular formula is C8H9N3O3. The van der Waals surface area contributed by atoms with Crippen LogP contribution in [0.25, 0.3) is 0 Å². The Hall–Kier alpha value is -1.95. The van der Waals surface area contributed by atoms with Crippen molar-refractivity contribution in [2.75, 3.05) is 0 Å². The molecule has 0 spiro atoms. The molecule has 1 amide bonds. The van der Waals surface area contributed by atoms with Gasteiger partial charge in [0.15, 0.2) is 0 Å². The van der Waals surface area contributed by atoms with Crippen LogP contribution in [0, 0.1) is 17.0 Å². The maximum absolute atomic E-state index is 11.2. The average Bonchev–Trinajstić information content (AvgIpc) is 2.17. The molecule has 14 heavy (non-hydrogen) atoms. The molecule has 3 N–H and O–H groups in total. The Kier molecular flexibility index (Phi) is 2.78. The molecule has 0 aliphatic rings. The lowest BCUT2D eigenvalue weighted by atomic mass is 10.1. The van der Waals surface area contributed by atoms with Crippen LogP contribution in [0.5, 0.6) is 0 Å². The zero-order valence-corrected chi connectivity index (χ0v) is 7.48. The Labute approximate surface area is 79.8 Å². The highest BCUT2D eigenvalue weighted by Crippen LogP contribution is 2.16. The first-order chi connectivity index (χ1) is 6.56. The van der Waals surface area contributed by atoms with Crippen molar-refractivity contribution in [3.05, 3.63) is 39.4 Å². The number of nitrogen functional groups attached to an aromatic ring is 1. The number of carbonyl (C=O) groups is 1. The van der Waals surface area contributed by atoms with Gasteiger partial charge in [0.05, 0.1) is 10.5 Å². The van der Waals surface area contributed by atoms with E-state index in [0.29, 0.717) is 5.56 Å². The van der Waals surface area contributed by atoms with E-state index >= 15 is 0 Å². The summed E-state index contributed by atoms with van der Waals surface area (Å²) < 4.78 is 0. The SMILES string of the molecule is Cc1ccc([N+](=O)[O-])cc1C(=O)NN. The minimum absolute atomic E-state index is 0.130. The van der Waals surface area contributed by atoms with Crippen molar-refractivity contribution in [3.8, 4) is 0 Å². The minimum atomic E-state index is -0.563. The molecule has 1 rings (SSSR count). The summed E-state index contributed by atoms with van der Waals surface area (Å²) in [5, 5.41) is 10.4. The normalized spacial score (nSPS) is 9.57. The smallest absolute Gasteiger partial charge is 0.270 e. The summed E-state index contributed by atoms with van der Waals surface area (Å²) in [5.74, 6) is 4.39. The van der Waals surface area contributed by atoms with Gasteiger partial charge in [0.1, 0.15) is 0 Å². The van der Waals surface area contributed by atoms with Crippen LogP contribution in [0.15, 0.2) is 18.2 Å². The number of benzene rings is 1. The van der Waals surface area contributed by atoms with Crippen LogP contribution in [0.2, 0.25) is 0 Å². The maximum Gasteiger partial charge on any atom is 0.270 e. The number of non-ortho nitro benzene ring substituents is 1. The molecule has 0 atom stereocenters. The van der Waals surface area contributed by atoms with Crippen molar-refractivity contribution in [1.82, 2.24) is 5.43 Å². The van der Waals surface area contributed by atoms with Gasteiger partial charge in [0.2, 0.25) is 0 Å². The first kappa shape index (κ1) is 10.1. The molecule has 0 aliphatic heterocycles. The number of carbonyl (C=O) groups excluding carboxylic acids is 1. The van der Waals surface area contributed by atoms with E-state index in [1.165, 1.54) is 18.2 Å². The van der Waals surface area contributed by atoms with Gasteiger partial charge >= 0.3 is 0 Å². The van der Waals surface area contributed by atoms with E-state index < -0.39 is 10.8 Å². The summed E-state index contributed by atoms with van der Waals surface area (Å²) in [5.41, 5.74) is 2.64. The van der Waals surface area contributed by atoms with E-state index in [1.54, 1.807) is 6.92 Å². The maximum atomic E-state index is 11.2. The molecular weight excluding hydrogens is 186 g/mol. The Balaban J connectivity index is 3.21. The second-order valence-corrected chi connectivity index (χ2v) is 2.73. The van der Waals surface area contributed by atoms with Crippen LogP contribution in [0.3, 0.4) is 0 Å². The fourth-order valence-corrected chi connectivity index (χ4v) is 1.05. The second kappa shape index (κ2) is 3.84. The Morgan fingerprint density at radius 1 is 1.57 bits per heavy atom. The van der Waals surface area contributed by atoms with Crippen LogP contribution in [0.4, 0.5) is 5.69 Å². The lowest BCUT2D eigenvalue weighted by molar-refractivity contribution is -0.384. The number of amides is 1. The summed E-state index contributed by atoms with van der Waals surface area (Å²) in [6, 6.07) is 4.03. The quantitative estimate of drug-likeness (QED) is 0.311. The summed E-state index contributed by atoms with van der Waals surface area (Å²) >= 11 is 0. The minimum Gasteiger partial charge on any atom is -0.290 e. The van der Waals surface area contributed by atoms with Gasteiger partial charge in [0, 0.05) is 12.1 Å². The lowest BCUT2D eigenvalue weighted by Gasteiger charge is -2.02. The van der Waals surface area contributed by atoms with Crippen LogP contribution in [-0.2, 0) is 0 Å². The number of nitrogens with two attached hydrogens (primary N) is 1. The van der Waals surface area contributed by atoms with Gasteiger partial charge in [-0.05, 0) is 12.5 Å². The van der Waals surface area contributed by atoms with Crippen molar-refractivity contribution in [3.63, 3.8) is 0 Å². The van der Waals surface area contributed by atoms with Gasteiger partial charge in [-0.15, -0.1) is 0 Å². The van der Waals surface area contributed by atoms with Gasteiger partial charge in [-0.25, -0.2) is 5.84 Å². The lowest BCUT2D eigenvalue weighted by Crippen LogP contribution is -2.30. The molecule has 0 saturated heterocycles. The van der Waals surface area contributed by atoms with E-state index in [2.05, 4.69) is 0 Å². The first-order valence-electron chi connectivity index (χ1n) is 3.82. The molecule has 0 saturated carbocycles. The molecule has 1 aromatic rings. The van der Waals surface area contributed by atoms with Crippen LogP contribution >= 0.6 is 0 Å². The Morgan fingerprint density at radius 3 is 2.71 bits per heavy atom. The molecule has 0 aliphatic carbocycles. The second-order valence-electron chi connectivity index (χ2n) is 2.73. The summed E-state index contributed by atoms with van der Waals surface area (Å²) in [6.07, 6.45) is 0. The molecule has 6 heteroatoms. The number of nitro benzene ring substituents is 1. The van der Waals surface area contributed by atoms with E-state index in [0.717, 1.165) is 0 Å². The highest BCUT2D eigenvalue weighted by atomic mass is 16.6. The number of rotatable bonds is 2. The van der Waals surface area contributed by atoms with Crippen molar-refractivity contribution in [1.29, 1.82) is 0 Å². The van der Waals surface area contributed by atoms with E-state index in [4.69, 9.17) is 5.84 Å². The van der Waals surface area contributed by atoms with Gasteiger partial charge in [0.25, 0.3) is 11.6 Å². The number of nitrogens with one attached hydrogen (secondary N) is 1. The van der Waals surface area contributed by atoms with Crippen molar-refractivity contribution in [2.24, 2.45) is 5.84 Å². The molecule has 74 valence electrons. The topological polar surface area (TPSA) is 98.3 Å². The van der Waals surface area contributed by atoms with E-state index in [1.807, 2.05) is 5.43 Å². The predicted molar refractivity (Wildman–Crippen MR) is 49.5 cm³/mol. The highest BCUT2D eigenvalue weighted by Gasteiger charge is 2.13. The van der Waals surface area contributed by atoms with Gasteiger partial charge in [-0.1, -0.05) is 6.07 Å². The average molecular weight is 195 g/mol.